The van der Waals surface area contributed by atoms with Crippen LogP contribution in [-0.4, -0.2) is 36.9 Å². The minimum absolute atomic E-state index is 0.0951. The highest BCUT2D eigenvalue weighted by atomic mass is 32.2. The molecule has 0 spiro atoms. The molecule has 0 fully saturated rings. The van der Waals surface area contributed by atoms with E-state index in [9.17, 15) is 12.6 Å². The minimum atomic E-state index is -3.14. The molecular formula is C13H21NO3S2. The fourth-order valence-electron chi connectivity index (χ4n) is 1.58. The fourth-order valence-corrected chi connectivity index (χ4v) is 2.54. The largest absolute Gasteiger partial charge is 0.309 e. The van der Waals surface area contributed by atoms with Gasteiger partial charge in [0.05, 0.1) is 4.90 Å². The highest BCUT2D eigenvalue weighted by molar-refractivity contribution is 7.90. The van der Waals surface area contributed by atoms with Crippen molar-refractivity contribution in [2.45, 2.75) is 30.0 Å². The maximum atomic E-state index is 11.4. The Balaban J connectivity index is 2.68. The zero-order valence-electron chi connectivity index (χ0n) is 11.7. The van der Waals surface area contributed by atoms with Gasteiger partial charge in [-0.2, -0.15) is 0 Å². The molecule has 3 atom stereocenters. The van der Waals surface area contributed by atoms with Crippen LogP contribution in [0.3, 0.4) is 0 Å². The van der Waals surface area contributed by atoms with Crippen LogP contribution in [0, 0.1) is 0 Å². The molecule has 3 unspecified atom stereocenters. The number of benzene rings is 1. The lowest BCUT2D eigenvalue weighted by Crippen LogP contribution is -2.29. The third kappa shape index (κ3) is 5.04. The lowest BCUT2D eigenvalue weighted by atomic mass is 10.1. The molecule has 108 valence electrons. The first-order valence-electron chi connectivity index (χ1n) is 6.07. The zero-order chi connectivity index (χ0) is 14.6. The summed E-state index contributed by atoms with van der Waals surface area (Å²) in [6.45, 7) is 4.60. The van der Waals surface area contributed by atoms with Gasteiger partial charge in [0.1, 0.15) is 0 Å². The highest BCUT2D eigenvalue weighted by Crippen LogP contribution is 2.16. The van der Waals surface area contributed by atoms with E-state index >= 15 is 0 Å². The van der Waals surface area contributed by atoms with E-state index in [2.05, 4.69) is 5.32 Å². The molecule has 0 saturated heterocycles. The van der Waals surface area contributed by atoms with Crippen LogP contribution in [0.4, 0.5) is 0 Å². The van der Waals surface area contributed by atoms with Gasteiger partial charge in [-0.25, -0.2) is 8.42 Å². The SMILES string of the molecule is CC(NCC(C)S(C)=O)c1ccc(S(C)(=O)=O)cc1. The minimum Gasteiger partial charge on any atom is -0.309 e. The summed E-state index contributed by atoms with van der Waals surface area (Å²) in [4.78, 5) is 0.325. The van der Waals surface area contributed by atoms with Crippen LogP contribution in [0.5, 0.6) is 0 Å². The molecule has 0 amide bonds. The lowest BCUT2D eigenvalue weighted by molar-refractivity contribution is 0.568. The molecular weight excluding hydrogens is 282 g/mol. The van der Waals surface area contributed by atoms with E-state index < -0.39 is 20.6 Å². The van der Waals surface area contributed by atoms with E-state index in [0.717, 1.165) is 5.56 Å². The normalized spacial score (nSPS) is 16.8. The van der Waals surface area contributed by atoms with Crippen LogP contribution in [0.25, 0.3) is 0 Å². The summed E-state index contributed by atoms with van der Waals surface area (Å²) in [6, 6.07) is 6.94. The highest BCUT2D eigenvalue weighted by Gasteiger charge is 2.11. The third-order valence-corrected chi connectivity index (χ3v) is 5.51. The van der Waals surface area contributed by atoms with Crippen molar-refractivity contribution in [3.63, 3.8) is 0 Å². The number of sulfone groups is 1. The van der Waals surface area contributed by atoms with Gasteiger partial charge in [0.15, 0.2) is 9.84 Å². The van der Waals surface area contributed by atoms with Crippen LogP contribution in [0.2, 0.25) is 0 Å². The van der Waals surface area contributed by atoms with Gasteiger partial charge < -0.3 is 5.32 Å². The van der Waals surface area contributed by atoms with E-state index in [-0.39, 0.29) is 11.3 Å². The van der Waals surface area contributed by atoms with Crippen LogP contribution in [-0.2, 0) is 20.6 Å². The summed E-state index contributed by atoms with van der Waals surface area (Å²) >= 11 is 0. The Labute approximate surface area is 118 Å². The second-order valence-electron chi connectivity index (χ2n) is 4.78. The Morgan fingerprint density at radius 1 is 1.21 bits per heavy atom. The quantitative estimate of drug-likeness (QED) is 0.865. The lowest BCUT2D eigenvalue weighted by Gasteiger charge is -2.17. The summed E-state index contributed by atoms with van der Waals surface area (Å²) < 4.78 is 34.0. The van der Waals surface area contributed by atoms with Crippen molar-refractivity contribution in [2.24, 2.45) is 0 Å². The average Bonchev–Trinajstić information content (AvgIpc) is 2.34. The fraction of sp³-hybridized carbons (Fsp3) is 0.538. The van der Waals surface area contributed by atoms with Gasteiger partial charge in [0.2, 0.25) is 0 Å². The molecule has 6 heteroatoms. The molecule has 0 bridgehead atoms. The summed E-state index contributed by atoms with van der Waals surface area (Å²) in [7, 11) is -3.98. The number of hydrogen-bond donors (Lipinski definition) is 1. The smallest absolute Gasteiger partial charge is 0.175 e. The van der Waals surface area contributed by atoms with Crippen molar-refractivity contribution in [2.75, 3.05) is 19.1 Å². The van der Waals surface area contributed by atoms with E-state index in [4.69, 9.17) is 0 Å². The predicted octanol–water partition coefficient (Wildman–Crippen LogP) is 1.51. The van der Waals surface area contributed by atoms with Crippen LogP contribution < -0.4 is 5.32 Å². The predicted molar refractivity (Wildman–Crippen MR) is 79.5 cm³/mol. The molecule has 1 N–H and O–H groups in total. The van der Waals surface area contributed by atoms with Crippen molar-refractivity contribution < 1.29 is 12.6 Å². The third-order valence-electron chi connectivity index (χ3n) is 3.09. The van der Waals surface area contributed by atoms with Gasteiger partial charge in [-0.05, 0) is 31.5 Å². The van der Waals surface area contributed by atoms with Crippen LogP contribution in [0.15, 0.2) is 29.2 Å². The number of nitrogens with one attached hydrogen (secondary N) is 1. The maximum Gasteiger partial charge on any atom is 0.175 e. The second kappa shape index (κ2) is 6.63. The van der Waals surface area contributed by atoms with E-state index in [0.29, 0.717) is 11.4 Å². The van der Waals surface area contributed by atoms with Gasteiger partial charge in [0.25, 0.3) is 0 Å². The Kier molecular flexibility index (Phi) is 5.70. The van der Waals surface area contributed by atoms with E-state index in [1.165, 1.54) is 6.26 Å². The topological polar surface area (TPSA) is 63.2 Å². The Morgan fingerprint density at radius 2 is 1.74 bits per heavy atom. The van der Waals surface area contributed by atoms with Crippen molar-refractivity contribution in [1.29, 1.82) is 0 Å². The molecule has 0 aliphatic rings. The van der Waals surface area contributed by atoms with Crippen molar-refractivity contribution in [3.8, 4) is 0 Å². The average molecular weight is 303 g/mol. The first-order valence-corrected chi connectivity index (χ1v) is 9.58. The van der Waals surface area contributed by atoms with Gasteiger partial charge in [-0.15, -0.1) is 0 Å². The maximum absolute atomic E-state index is 11.4. The molecule has 1 aromatic rings. The molecule has 0 aliphatic carbocycles. The summed E-state index contributed by atoms with van der Waals surface area (Å²) in [5.74, 6) is 0. The summed E-state index contributed by atoms with van der Waals surface area (Å²) in [5, 5.41) is 3.39. The van der Waals surface area contributed by atoms with Crippen molar-refractivity contribution >= 4 is 20.6 Å². The molecule has 0 aromatic heterocycles. The molecule has 19 heavy (non-hydrogen) atoms. The van der Waals surface area contributed by atoms with Crippen molar-refractivity contribution in [3.05, 3.63) is 29.8 Å². The zero-order valence-corrected chi connectivity index (χ0v) is 13.3. The van der Waals surface area contributed by atoms with Gasteiger partial charge in [-0.1, -0.05) is 12.1 Å². The Morgan fingerprint density at radius 3 is 2.16 bits per heavy atom. The number of hydrogen-bond acceptors (Lipinski definition) is 4. The Bertz CT molecular complexity index is 538. The molecule has 4 nitrogen and oxygen atoms in total. The molecule has 0 saturated carbocycles. The first-order chi connectivity index (χ1) is 8.71. The number of rotatable bonds is 6. The van der Waals surface area contributed by atoms with E-state index in [1.54, 1.807) is 18.4 Å². The van der Waals surface area contributed by atoms with Crippen molar-refractivity contribution in [1.82, 2.24) is 5.32 Å². The van der Waals surface area contributed by atoms with Gasteiger partial charge in [-0.3, -0.25) is 4.21 Å². The molecule has 1 rings (SSSR count). The molecule has 0 aliphatic heterocycles. The van der Waals surface area contributed by atoms with Gasteiger partial charge in [0, 0.05) is 41.1 Å². The summed E-state index contributed by atoms with van der Waals surface area (Å²) in [6.07, 6.45) is 2.89. The Hall–Kier alpha value is -0.720. The molecule has 0 heterocycles. The standard InChI is InChI=1S/C13H21NO3S2/c1-10(18(3)15)9-14-11(2)12-5-7-13(8-6-12)19(4,16)17/h5-8,10-11,14H,9H2,1-4H3. The second-order valence-corrected chi connectivity index (χ2v) is 8.60. The monoisotopic (exact) mass is 303 g/mol. The molecule has 1 aromatic carbocycles. The van der Waals surface area contributed by atoms with Gasteiger partial charge >= 0.3 is 0 Å². The van der Waals surface area contributed by atoms with Crippen LogP contribution in [0.1, 0.15) is 25.5 Å². The summed E-state index contributed by atoms with van der Waals surface area (Å²) in [5.41, 5.74) is 1.02. The van der Waals surface area contributed by atoms with E-state index in [1.807, 2.05) is 26.0 Å². The first kappa shape index (κ1) is 16.3. The van der Waals surface area contributed by atoms with Crippen LogP contribution >= 0.6 is 0 Å². The molecule has 0 radical (unpaired) electrons.